The minimum Gasteiger partial charge on any atom is -0.309 e. The molecule has 1 saturated carbocycles. The molecule has 0 N–H and O–H groups in total. The number of benzene rings is 7. The van der Waals surface area contributed by atoms with Crippen LogP contribution in [0, 0.1) is 0 Å². The van der Waals surface area contributed by atoms with Crippen molar-refractivity contribution in [2.75, 3.05) is 0 Å². The van der Waals surface area contributed by atoms with Crippen molar-refractivity contribution >= 4 is 65.3 Å². The van der Waals surface area contributed by atoms with E-state index in [1.165, 1.54) is 65.7 Å². The van der Waals surface area contributed by atoms with Crippen LogP contribution < -0.4 is 0 Å². The molecule has 7 aromatic carbocycles. The maximum Gasteiger partial charge on any atom is 0.235 e. The Kier molecular flexibility index (Phi) is 6.60. The monoisotopic (exact) mass is 668 g/mol. The van der Waals surface area contributed by atoms with Crippen LogP contribution >= 0.6 is 0 Å². The molecule has 3 heterocycles. The van der Waals surface area contributed by atoms with E-state index in [2.05, 4.69) is 167 Å². The van der Waals surface area contributed by atoms with E-state index in [9.17, 15) is 0 Å². The Morgan fingerprint density at radius 3 is 1.87 bits per heavy atom. The highest BCUT2D eigenvalue weighted by Crippen LogP contribution is 2.44. The maximum absolute atomic E-state index is 5.50. The normalized spacial score (nSPS) is 16.5. The van der Waals surface area contributed by atoms with Crippen molar-refractivity contribution in [1.29, 1.82) is 0 Å². The maximum atomic E-state index is 5.50. The van der Waals surface area contributed by atoms with Gasteiger partial charge in [0.05, 0.1) is 33.3 Å². The topological polar surface area (TPSA) is 35.6 Å². The van der Waals surface area contributed by atoms with Crippen molar-refractivity contribution in [1.82, 2.24) is 19.1 Å². The molecule has 11 rings (SSSR count). The molecule has 0 amide bonds. The Labute approximate surface area is 301 Å². The van der Waals surface area contributed by atoms with Crippen molar-refractivity contribution in [3.63, 3.8) is 0 Å². The van der Waals surface area contributed by atoms with Crippen molar-refractivity contribution in [2.24, 2.45) is 0 Å². The molecule has 0 spiro atoms. The molecule has 0 saturated heterocycles. The lowest BCUT2D eigenvalue weighted by Crippen LogP contribution is -2.15. The highest BCUT2D eigenvalue weighted by molar-refractivity contribution is 6.21. The molecule has 4 nitrogen and oxygen atoms in total. The highest BCUT2D eigenvalue weighted by atomic mass is 15.2. The SMILES string of the molecule is c1ccc(-n2c3ccccc3c3cc(C4CCC(c5nc(-n6c7ccccc7c7c8ccccc8ccc76)nc6ccccc56)CC4)ccc32)cc1. The van der Waals surface area contributed by atoms with Gasteiger partial charge in [0, 0.05) is 38.5 Å². The van der Waals surface area contributed by atoms with Crippen molar-refractivity contribution < 1.29 is 0 Å². The first-order valence-corrected chi connectivity index (χ1v) is 18.6. The van der Waals surface area contributed by atoms with E-state index in [0.29, 0.717) is 11.8 Å². The van der Waals surface area contributed by atoms with Crippen LogP contribution in [0.5, 0.6) is 0 Å². The van der Waals surface area contributed by atoms with Crippen molar-refractivity contribution in [2.45, 2.75) is 37.5 Å². The Morgan fingerprint density at radius 1 is 0.423 bits per heavy atom. The van der Waals surface area contributed by atoms with Gasteiger partial charge in [-0.2, -0.15) is 0 Å². The quantitative estimate of drug-likeness (QED) is 0.187. The molecule has 0 atom stereocenters. The van der Waals surface area contributed by atoms with Gasteiger partial charge in [-0.15, -0.1) is 0 Å². The summed E-state index contributed by atoms with van der Waals surface area (Å²) in [5, 5.41) is 8.83. The van der Waals surface area contributed by atoms with Crippen LogP contribution in [0.3, 0.4) is 0 Å². The summed E-state index contributed by atoms with van der Waals surface area (Å²) in [6, 6.07) is 57.2. The summed E-state index contributed by atoms with van der Waals surface area (Å²) in [5.41, 5.74) is 9.66. The van der Waals surface area contributed by atoms with E-state index in [1.807, 2.05) is 0 Å². The molecule has 4 heteroatoms. The first-order chi connectivity index (χ1) is 25.8. The van der Waals surface area contributed by atoms with E-state index in [-0.39, 0.29) is 0 Å². The van der Waals surface area contributed by atoms with E-state index in [1.54, 1.807) is 0 Å². The fourth-order valence-electron chi connectivity index (χ4n) is 9.25. The second-order valence-corrected chi connectivity index (χ2v) is 14.5. The predicted molar refractivity (Wildman–Crippen MR) is 216 cm³/mol. The summed E-state index contributed by atoms with van der Waals surface area (Å²) in [5.74, 6) is 1.66. The third kappa shape index (κ3) is 4.47. The van der Waals surface area contributed by atoms with Crippen LogP contribution in [0.25, 0.3) is 76.9 Å². The van der Waals surface area contributed by atoms with Gasteiger partial charge in [0.15, 0.2) is 0 Å². The second kappa shape index (κ2) is 11.6. The fraction of sp³-hybridized carbons (Fsp3) is 0.125. The van der Waals surface area contributed by atoms with Crippen LogP contribution in [-0.4, -0.2) is 19.1 Å². The number of aromatic nitrogens is 4. The first-order valence-electron chi connectivity index (χ1n) is 18.6. The van der Waals surface area contributed by atoms with Gasteiger partial charge in [-0.25, -0.2) is 9.97 Å². The summed E-state index contributed by atoms with van der Waals surface area (Å²) < 4.78 is 4.70. The van der Waals surface area contributed by atoms with Gasteiger partial charge >= 0.3 is 0 Å². The minimum absolute atomic E-state index is 0.376. The molecule has 10 aromatic rings. The standard InChI is InChI=1S/C48H36N4/c1-2-13-35(14-3-1)51-42-20-10-7-16-37(42)40-30-34(27-28-44(40)51)31-22-24-33(25-23-31)47-38-17-6-9-19-41(38)49-48(50-47)52-43-21-11-8-18-39(43)46-36-15-5-4-12-32(36)26-29-45(46)52/h1-21,26-31,33H,22-25H2. The lowest BCUT2D eigenvalue weighted by molar-refractivity contribution is 0.393. The van der Waals surface area contributed by atoms with Gasteiger partial charge in [0.1, 0.15) is 0 Å². The highest BCUT2D eigenvalue weighted by Gasteiger charge is 2.28. The largest absolute Gasteiger partial charge is 0.309 e. The second-order valence-electron chi connectivity index (χ2n) is 14.5. The lowest BCUT2D eigenvalue weighted by Gasteiger charge is -2.29. The number of rotatable bonds is 4. The Bertz CT molecular complexity index is 2980. The zero-order valence-electron chi connectivity index (χ0n) is 28.8. The lowest BCUT2D eigenvalue weighted by atomic mass is 9.76. The molecule has 0 aliphatic heterocycles. The van der Waals surface area contributed by atoms with Crippen molar-refractivity contribution in [3.05, 3.63) is 169 Å². The summed E-state index contributed by atoms with van der Waals surface area (Å²) in [6.45, 7) is 0. The van der Waals surface area contributed by atoms with Gasteiger partial charge in [0.25, 0.3) is 0 Å². The molecule has 1 aliphatic carbocycles. The van der Waals surface area contributed by atoms with Gasteiger partial charge in [-0.1, -0.05) is 109 Å². The van der Waals surface area contributed by atoms with Gasteiger partial charge < -0.3 is 4.57 Å². The Balaban J connectivity index is 0.979. The number of fused-ring (bicyclic) bond motifs is 9. The zero-order valence-corrected chi connectivity index (χ0v) is 28.8. The average molecular weight is 669 g/mol. The van der Waals surface area contributed by atoms with E-state index < -0.39 is 0 Å². The van der Waals surface area contributed by atoms with E-state index >= 15 is 0 Å². The van der Waals surface area contributed by atoms with E-state index in [0.717, 1.165) is 48.2 Å². The molecule has 0 unspecified atom stereocenters. The number of nitrogens with zero attached hydrogens (tertiary/aromatic N) is 4. The summed E-state index contributed by atoms with van der Waals surface area (Å²) in [7, 11) is 0. The molecule has 52 heavy (non-hydrogen) atoms. The fourth-order valence-corrected chi connectivity index (χ4v) is 9.25. The summed E-state index contributed by atoms with van der Waals surface area (Å²) in [4.78, 5) is 10.7. The van der Waals surface area contributed by atoms with Crippen LogP contribution in [0.1, 0.15) is 48.8 Å². The average Bonchev–Trinajstić information content (AvgIpc) is 3.74. The van der Waals surface area contributed by atoms with Crippen LogP contribution in [0.2, 0.25) is 0 Å². The van der Waals surface area contributed by atoms with Crippen molar-refractivity contribution in [3.8, 4) is 11.6 Å². The Morgan fingerprint density at radius 2 is 1.04 bits per heavy atom. The van der Waals surface area contributed by atoms with Gasteiger partial charge in [-0.3, -0.25) is 4.57 Å². The predicted octanol–water partition coefficient (Wildman–Crippen LogP) is 12.4. The third-order valence-electron chi connectivity index (χ3n) is 11.7. The molecule has 1 aliphatic rings. The summed E-state index contributed by atoms with van der Waals surface area (Å²) in [6.07, 6.45) is 4.49. The minimum atomic E-state index is 0.376. The molecular weight excluding hydrogens is 633 g/mol. The molecular formula is C48H36N4. The number of para-hydroxylation sites is 4. The zero-order chi connectivity index (χ0) is 34.2. The molecule has 0 radical (unpaired) electrons. The molecule has 248 valence electrons. The molecule has 3 aromatic heterocycles. The first kappa shape index (κ1) is 29.5. The van der Waals surface area contributed by atoms with Gasteiger partial charge in [0.2, 0.25) is 5.95 Å². The Hall–Kier alpha value is -6.26. The third-order valence-corrected chi connectivity index (χ3v) is 11.7. The number of hydrogen-bond acceptors (Lipinski definition) is 2. The van der Waals surface area contributed by atoms with E-state index in [4.69, 9.17) is 9.97 Å². The smallest absolute Gasteiger partial charge is 0.235 e. The summed E-state index contributed by atoms with van der Waals surface area (Å²) >= 11 is 0. The molecule has 1 fully saturated rings. The molecule has 0 bridgehead atoms. The number of hydrogen-bond donors (Lipinski definition) is 0. The van der Waals surface area contributed by atoms with Crippen LogP contribution in [0.15, 0.2) is 158 Å². The van der Waals surface area contributed by atoms with Crippen LogP contribution in [-0.2, 0) is 0 Å². The van der Waals surface area contributed by atoms with Gasteiger partial charge in [-0.05, 0) is 96.5 Å². The van der Waals surface area contributed by atoms with Crippen LogP contribution in [0.4, 0.5) is 0 Å².